The minimum absolute atomic E-state index is 0.255. The molecule has 1 aromatic carbocycles. The molecule has 0 unspecified atom stereocenters. The van der Waals surface area contributed by atoms with Gasteiger partial charge in [0.15, 0.2) is 0 Å². The second kappa shape index (κ2) is 8.80. The number of hydrogen-bond acceptors (Lipinski definition) is 3. The molecule has 2 rings (SSSR count). The van der Waals surface area contributed by atoms with Crippen LogP contribution in [0.25, 0.3) is 0 Å². The van der Waals surface area contributed by atoms with Crippen molar-refractivity contribution in [3.05, 3.63) is 35.9 Å². The maximum absolute atomic E-state index is 11.8. The van der Waals surface area contributed by atoms with Gasteiger partial charge >= 0.3 is 0 Å². The molecule has 1 aliphatic rings. The molecular weight excluding hydrogens is 262 g/mol. The summed E-state index contributed by atoms with van der Waals surface area (Å²) in [6.07, 6.45) is 3.39. The second-order valence-electron chi connectivity index (χ2n) is 5.84. The van der Waals surface area contributed by atoms with Crippen LogP contribution in [0.15, 0.2) is 30.3 Å². The minimum atomic E-state index is 0.255. The Hall–Kier alpha value is -1.39. The van der Waals surface area contributed by atoms with Crippen molar-refractivity contribution < 1.29 is 4.79 Å². The molecule has 0 aromatic heterocycles. The lowest BCUT2D eigenvalue weighted by Crippen LogP contribution is -2.37. The van der Waals surface area contributed by atoms with Crippen molar-refractivity contribution in [1.82, 2.24) is 15.1 Å². The van der Waals surface area contributed by atoms with E-state index in [1.54, 1.807) is 0 Å². The van der Waals surface area contributed by atoms with Gasteiger partial charge < -0.3 is 15.1 Å². The zero-order valence-corrected chi connectivity index (χ0v) is 13.1. The number of benzene rings is 1. The van der Waals surface area contributed by atoms with Crippen LogP contribution < -0.4 is 5.32 Å². The van der Waals surface area contributed by atoms with Crippen molar-refractivity contribution in [1.29, 1.82) is 0 Å². The number of carbonyl (C=O) groups excluding carboxylic acids is 1. The van der Waals surface area contributed by atoms with Gasteiger partial charge in [0.1, 0.15) is 0 Å². The summed E-state index contributed by atoms with van der Waals surface area (Å²) in [6.45, 7) is 5.30. The number of carbonyl (C=O) groups is 1. The number of nitrogens with zero attached hydrogens (tertiary/aromatic N) is 2. The fourth-order valence-corrected chi connectivity index (χ4v) is 2.72. The highest BCUT2D eigenvalue weighted by atomic mass is 16.2. The van der Waals surface area contributed by atoms with E-state index in [1.165, 1.54) is 5.56 Å². The van der Waals surface area contributed by atoms with E-state index in [9.17, 15) is 4.79 Å². The van der Waals surface area contributed by atoms with Crippen LogP contribution in [0.3, 0.4) is 0 Å². The van der Waals surface area contributed by atoms with Crippen molar-refractivity contribution >= 4 is 5.91 Å². The van der Waals surface area contributed by atoms with E-state index < -0.39 is 0 Å². The predicted octanol–water partition coefficient (Wildman–Crippen LogP) is 1.72. The van der Waals surface area contributed by atoms with Crippen LogP contribution in [-0.4, -0.2) is 55.5 Å². The summed E-state index contributed by atoms with van der Waals surface area (Å²) in [5.41, 5.74) is 1.34. The van der Waals surface area contributed by atoms with Crippen molar-refractivity contribution in [2.45, 2.75) is 25.8 Å². The van der Waals surface area contributed by atoms with Gasteiger partial charge in [-0.15, -0.1) is 0 Å². The highest BCUT2D eigenvalue weighted by Crippen LogP contribution is 2.06. The molecule has 21 heavy (non-hydrogen) atoms. The second-order valence-corrected chi connectivity index (χ2v) is 5.84. The number of nitrogens with one attached hydrogen (secondary N) is 1. The first-order valence-electron chi connectivity index (χ1n) is 7.96. The number of hydrogen-bond donors (Lipinski definition) is 1. The standard InChI is InChI=1S/C17H27N3O/c1-19(15-16-8-3-2-4-9-16)11-7-10-18-14-17(21)20-12-5-6-13-20/h2-4,8-9,18H,5-7,10-15H2,1H3. The van der Waals surface area contributed by atoms with Crippen molar-refractivity contribution in [2.24, 2.45) is 0 Å². The molecule has 116 valence electrons. The van der Waals surface area contributed by atoms with Crippen LogP contribution in [0.2, 0.25) is 0 Å². The SMILES string of the molecule is CN(CCCNCC(=O)N1CCCC1)Cc1ccccc1. The molecule has 1 aromatic rings. The summed E-state index contributed by atoms with van der Waals surface area (Å²) in [5.74, 6) is 0.255. The predicted molar refractivity (Wildman–Crippen MR) is 86.1 cm³/mol. The minimum Gasteiger partial charge on any atom is -0.342 e. The van der Waals surface area contributed by atoms with Crippen LogP contribution in [0.5, 0.6) is 0 Å². The molecule has 0 saturated carbocycles. The molecule has 1 amide bonds. The van der Waals surface area contributed by atoms with E-state index in [-0.39, 0.29) is 5.91 Å². The highest BCUT2D eigenvalue weighted by molar-refractivity contribution is 5.78. The molecule has 0 bridgehead atoms. The van der Waals surface area contributed by atoms with Gasteiger partial charge in [-0.2, -0.15) is 0 Å². The fraction of sp³-hybridized carbons (Fsp3) is 0.588. The number of amides is 1. The molecule has 4 nitrogen and oxygen atoms in total. The number of likely N-dealkylation sites (tertiary alicyclic amines) is 1. The van der Waals surface area contributed by atoms with Crippen LogP contribution in [0.1, 0.15) is 24.8 Å². The summed E-state index contributed by atoms with van der Waals surface area (Å²) in [5, 5.41) is 3.26. The van der Waals surface area contributed by atoms with Crippen LogP contribution >= 0.6 is 0 Å². The van der Waals surface area contributed by atoms with Gasteiger partial charge in [-0.1, -0.05) is 30.3 Å². The first-order chi connectivity index (χ1) is 10.3. The maximum Gasteiger partial charge on any atom is 0.236 e. The van der Waals surface area contributed by atoms with E-state index in [4.69, 9.17) is 0 Å². The molecule has 0 radical (unpaired) electrons. The lowest BCUT2D eigenvalue weighted by Gasteiger charge is -2.18. The normalized spacial score (nSPS) is 14.9. The Morgan fingerprint density at radius 1 is 1.24 bits per heavy atom. The van der Waals surface area contributed by atoms with Gasteiger partial charge in [0.2, 0.25) is 5.91 Å². The summed E-state index contributed by atoms with van der Waals surface area (Å²) >= 11 is 0. The Morgan fingerprint density at radius 2 is 1.95 bits per heavy atom. The first kappa shape index (κ1) is 16.0. The van der Waals surface area contributed by atoms with Gasteiger partial charge in [-0.05, 0) is 45.0 Å². The van der Waals surface area contributed by atoms with E-state index in [1.807, 2.05) is 11.0 Å². The molecule has 1 fully saturated rings. The smallest absolute Gasteiger partial charge is 0.236 e. The van der Waals surface area contributed by atoms with Crippen molar-refractivity contribution in [3.63, 3.8) is 0 Å². The molecule has 1 aliphatic heterocycles. The quantitative estimate of drug-likeness (QED) is 0.740. The zero-order valence-electron chi connectivity index (χ0n) is 13.1. The molecule has 4 heteroatoms. The van der Waals surface area contributed by atoms with E-state index >= 15 is 0 Å². The summed E-state index contributed by atoms with van der Waals surface area (Å²) in [6, 6.07) is 10.5. The van der Waals surface area contributed by atoms with Gasteiger partial charge in [-0.3, -0.25) is 4.79 Å². The lowest BCUT2D eigenvalue weighted by atomic mass is 10.2. The van der Waals surface area contributed by atoms with Crippen LogP contribution in [0.4, 0.5) is 0 Å². The molecule has 1 saturated heterocycles. The lowest BCUT2D eigenvalue weighted by molar-refractivity contribution is -0.129. The Kier molecular flexibility index (Phi) is 6.70. The molecule has 1 N–H and O–H groups in total. The Labute approximate surface area is 128 Å². The van der Waals surface area contributed by atoms with Crippen molar-refractivity contribution in [2.75, 3.05) is 39.8 Å². The monoisotopic (exact) mass is 289 g/mol. The van der Waals surface area contributed by atoms with Gasteiger partial charge in [0, 0.05) is 19.6 Å². The summed E-state index contributed by atoms with van der Waals surface area (Å²) in [4.78, 5) is 16.1. The maximum atomic E-state index is 11.8. The Bertz CT molecular complexity index is 415. The summed E-state index contributed by atoms with van der Waals surface area (Å²) in [7, 11) is 2.14. The highest BCUT2D eigenvalue weighted by Gasteiger charge is 2.16. The number of rotatable bonds is 8. The molecular formula is C17H27N3O. The van der Waals surface area contributed by atoms with E-state index in [2.05, 4.69) is 41.5 Å². The van der Waals surface area contributed by atoms with E-state index in [0.717, 1.165) is 52.0 Å². The van der Waals surface area contributed by atoms with Gasteiger partial charge in [0.25, 0.3) is 0 Å². The van der Waals surface area contributed by atoms with Crippen molar-refractivity contribution in [3.8, 4) is 0 Å². The molecule has 1 heterocycles. The largest absolute Gasteiger partial charge is 0.342 e. The van der Waals surface area contributed by atoms with E-state index in [0.29, 0.717) is 6.54 Å². The van der Waals surface area contributed by atoms with Crippen LogP contribution in [-0.2, 0) is 11.3 Å². The Morgan fingerprint density at radius 3 is 2.67 bits per heavy atom. The zero-order chi connectivity index (χ0) is 14.9. The third-order valence-electron chi connectivity index (χ3n) is 3.92. The molecule has 0 atom stereocenters. The Balaban J connectivity index is 1.52. The fourth-order valence-electron chi connectivity index (χ4n) is 2.72. The van der Waals surface area contributed by atoms with Gasteiger partial charge in [0.05, 0.1) is 6.54 Å². The van der Waals surface area contributed by atoms with Gasteiger partial charge in [-0.25, -0.2) is 0 Å². The average Bonchev–Trinajstić information content (AvgIpc) is 3.02. The third kappa shape index (κ3) is 5.86. The first-order valence-corrected chi connectivity index (χ1v) is 7.96. The topological polar surface area (TPSA) is 35.6 Å². The van der Waals surface area contributed by atoms with Crippen LogP contribution in [0, 0.1) is 0 Å². The average molecular weight is 289 g/mol. The summed E-state index contributed by atoms with van der Waals surface area (Å²) < 4.78 is 0. The molecule has 0 spiro atoms. The molecule has 0 aliphatic carbocycles. The third-order valence-corrected chi connectivity index (χ3v) is 3.92.